The number of nitrogens with zero attached hydrogens (tertiary/aromatic N) is 1. The molecule has 7 heteroatoms. The zero-order chi connectivity index (χ0) is 20.8. The predicted molar refractivity (Wildman–Crippen MR) is 108 cm³/mol. The summed E-state index contributed by atoms with van der Waals surface area (Å²) in [6.07, 6.45) is 0. The van der Waals surface area contributed by atoms with Gasteiger partial charge in [-0.25, -0.2) is 4.79 Å². The highest BCUT2D eigenvalue weighted by Crippen LogP contribution is 2.27. The summed E-state index contributed by atoms with van der Waals surface area (Å²) in [4.78, 5) is 36.2. The highest BCUT2D eigenvalue weighted by molar-refractivity contribution is 6.14. The number of nitro groups is 1. The molecule has 0 spiro atoms. The zero-order valence-corrected chi connectivity index (χ0v) is 15.6. The lowest BCUT2D eigenvalue weighted by Crippen LogP contribution is -2.13. The van der Waals surface area contributed by atoms with Gasteiger partial charge in [0, 0.05) is 24.2 Å². The van der Waals surface area contributed by atoms with Gasteiger partial charge in [0.25, 0.3) is 5.69 Å². The molecule has 0 unspecified atom stereocenters. The molecule has 0 amide bonds. The molecule has 1 N–H and O–H groups in total. The Balaban J connectivity index is 1.88. The van der Waals surface area contributed by atoms with Crippen LogP contribution in [0, 0.1) is 10.1 Å². The van der Waals surface area contributed by atoms with Crippen molar-refractivity contribution in [3.05, 3.63) is 105 Å². The largest absolute Gasteiger partial charge is 0.457 e. The molecule has 7 nitrogen and oxygen atoms in total. The van der Waals surface area contributed by atoms with Crippen LogP contribution in [0.3, 0.4) is 0 Å². The van der Waals surface area contributed by atoms with Gasteiger partial charge >= 0.3 is 5.97 Å². The van der Waals surface area contributed by atoms with E-state index in [0.29, 0.717) is 5.69 Å². The number of hydrogen-bond acceptors (Lipinski definition) is 6. The summed E-state index contributed by atoms with van der Waals surface area (Å²) in [6, 6.07) is 19.6. The Morgan fingerprint density at radius 3 is 2.28 bits per heavy atom. The first-order chi connectivity index (χ1) is 14.0. The van der Waals surface area contributed by atoms with Crippen molar-refractivity contribution in [3.8, 4) is 0 Å². The number of ether oxygens (including phenoxy) is 1. The van der Waals surface area contributed by atoms with Crippen molar-refractivity contribution in [2.24, 2.45) is 0 Å². The summed E-state index contributed by atoms with van der Waals surface area (Å²) in [7, 11) is 1.56. The lowest BCUT2D eigenvalue weighted by molar-refractivity contribution is -0.384. The minimum Gasteiger partial charge on any atom is -0.457 e. The lowest BCUT2D eigenvalue weighted by atomic mass is 9.97. The van der Waals surface area contributed by atoms with Crippen LogP contribution in [-0.4, -0.2) is 23.7 Å². The number of nitrogens with one attached hydrogen (secondary N) is 1. The molecular weight excluding hydrogens is 372 g/mol. The average Bonchev–Trinajstić information content (AvgIpc) is 2.77. The third-order valence-electron chi connectivity index (χ3n) is 4.33. The molecule has 0 aliphatic carbocycles. The van der Waals surface area contributed by atoms with E-state index in [2.05, 4.69) is 5.32 Å². The number of rotatable bonds is 7. The highest BCUT2D eigenvalue weighted by atomic mass is 16.6. The quantitative estimate of drug-likeness (QED) is 0.281. The van der Waals surface area contributed by atoms with Crippen molar-refractivity contribution in [1.82, 2.24) is 0 Å². The third kappa shape index (κ3) is 4.47. The number of esters is 1. The monoisotopic (exact) mass is 390 g/mol. The first-order valence-electron chi connectivity index (χ1n) is 8.82. The first kappa shape index (κ1) is 19.8. The Bertz CT molecular complexity index is 1060. The van der Waals surface area contributed by atoms with Crippen LogP contribution in [0.15, 0.2) is 72.8 Å². The molecule has 0 radical (unpaired) electrons. The summed E-state index contributed by atoms with van der Waals surface area (Å²) in [6.45, 7) is 0.0739. The van der Waals surface area contributed by atoms with E-state index in [1.54, 1.807) is 19.2 Å². The normalized spacial score (nSPS) is 10.2. The second kappa shape index (κ2) is 8.79. The minimum absolute atomic E-state index is 0.0739. The molecule has 3 aromatic rings. The van der Waals surface area contributed by atoms with Crippen LogP contribution in [-0.2, 0) is 11.3 Å². The molecular formula is C22H18N2O5. The van der Waals surface area contributed by atoms with Crippen LogP contribution in [0.5, 0.6) is 0 Å². The molecule has 3 rings (SSSR count). The summed E-state index contributed by atoms with van der Waals surface area (Å²) in [5, 5.41) is 14.0. The molecule has 146 valence electrons. The third-order valence-corrected chi connectivity index (χ3v) is 4.33. The van der Waals surface area contributed by atoms with Crippen LogP contribution in [0.25, 0.3) is 0 Å². The Morgan fingerprint density at radius 2 is 1.62 bits per heavy atom. The molecule has 3 aromatic carbocycles. The number of benzene rings is 3. The van der Waals surface area contributed by atoms with Crippen molar-refractivity contribution in [3.63, 3.8) is 0 Å². The van der Waals surface area contributed by atoms with Gasteiger partial charge < -0.3 is 10.1 Å². The van der Waals surface area contributed by atoms with E-state index < -0.39 is 16.7 Å². The van der Waals surface area contributed by atoms with Gasteiger partial charge in [-0.3, -0.25) is 14.9 Å². The fraction of sp³-hybridized carbons (Fsp3) is 0.0909. The summed E-state index contributed by atoms with van der Waals surface area (Å²) in [5.41, 5.74) is 1.23. The fourth-order valence-electron chi connectivity index (χ4n) is 2.85. The lowest BCUT2D eigenvalue weighted by Gasteiger charge is -2.10. The summed E-state index contributed by atoms with van der Waals surface area (Å²) >= 11 is 0. The smallest absolute Gasteiger partial charge is 0.339 e. The van der Waals surface area contributed by atoms with Crippen LogP contribution >= 0.6 is 0 Å². The summed E-state index contributed by atoms with van der Waals surface area (Å²) < 4.78 is 5.33. The fourth-order valence-corrected chi connectivity index (χ4v) is 2.85. The highest BCUT2D eigenvalue weighted by Gasteiger charge is 2.22. The van der Waals surface area contributed by atoms with Gasteiger partial charge in [-0.2, -0.15) is 0 Å². The van der Waals surface area contributed by atoms with Crippen LogP contribution in [0.1, 0.15) is 31.8 Å². The Labute approximate surface area is 167 Å². The van der Waals surface area contributed by atoms with E-state index in [-0.39, 0.29) is 29.0 Å². The molecule has 0 saturated heterocycles. The SMILES string of the molecule is CNc1ccc(C(=O)c2ccccc2C(=O)OCc2ccccc2)cc1[N+](=O)[O-]. The van der Waals surface area contributed by atoms with Gasteiger partial charge in [0.1, 0.15) is 12.3 Å². The second-order valence-corrected chi connectivity index (χ2v) is 6.18. The number of carbonyl (C=O) groups excluding carboxylic acids is 2. The Hall–Kier alpha value is -4.00. The van der Waals surface area contributed by atoms with Crippen molar-refractivity contribution < 1.29 is 19.2 Å². The van der Waals surface area contributed by atoms with Crippen LogP contribution in [0.4, 0.5) is 11.4 Å². The van der Waals surface area contributed by atoms with E-state index in [1.807, 2.05) is 30.3 Å². The molecule has 0 saturated carbocycles. The Kier molecular flexibility index (Phi) is 5.99. The minimum atomic E-state index is -0.640. The molecule has 0 aromatic heterocycles. The van der Waals surface area contributed by atoms with Gasteiger partial charge in [-0.05, 0) is 23.8 Å². The van der Waals surface area contributed by atoms with Crippen molar-refractivity contribution in [2.45, 2.75) is 6.61 Å². The van der Waals surface area contributed by atoms with E-state index in [4.69, 9.17) is 4.74 Å². The van der Waals surface area contributed by atoms with E-state index >= 15 is 0 Å². The number of hydrogen-bond donors (Lipinski definition) is 1. The molecule has 0 fully saturated rings. The van der Waals surface area contributed by atoms with Crippen molar-refractivity contribution in [2.75, 3.05) is 12.4 Å². The zero-order valence-electron chi connectivity index (χ0n) is 15.6. The van der Waals surface area contributed by atoms with Gasteiger partial charge in [0.15, 0.2) is 5.78 Å². The molecule has 0 bridgehead atoms. The van der Waals surface area contributed by atoms with Crippen LogP contribution < -0.4 is 5.32 Å². The maximum atomic E-state index is 13.0. The van der Waals surface area contributed by atoms with Gasteiger partial charge in [0.05, 0.1) is 10.5 Å². The predicted octanol–water partition coefficient (Wildman–Crippen LogP) is 4.22. The molecule has 0 aliphatic rings. The molecule has 29 heavy (non-hydrogen) atoms. The van der Waals surface area contributed by atoms with E-state index in [0.717, 1.165) is 5.56 Å². The molecule has 0 heterocycles. The first-order valence-corrected chi connectivity index (χ1v) is 8.82. The molecule has 0 atom stereocenters. The Morgan fingerprint density at radius 1 is 0.966 bits per heavy atom. The van der Waals surface area contributed by atoms with Gasteiger partial charge in [-0.15, -0.1) is 0 Å². The van der Waals surface area contributed by atoms with Gasteiger partial charge in [0.2, 0.25) is 0 Å². The van der Waals surface area contributed by atoms with Crippen molar-refractivity contribution in [1.29, 1.82) is 0 Å². The number of carbonyl (C=O) groups is 2. The number of nitro benzene ring substituents is 1. The van der Waals surface area contributed by atoms with Gasteiger partial charge in [-0.1, -0.05) is 48.5 Å². The average molecular weight is 390 g/mol. The van der Waals surface area contributed by atoms with Crippen LogP contribution in [0.2, 0.25) is 0 Å². The van der Waals surface area contributed by atoms with E-state index in [1.165, 1.54) is 30.3 Å². The maximum absolute atomic E-state index is 13.0. The van der Waals surface area contributed by atoms with E-state index in [9.17, 15) is 19.7 Å². The number of ketones is 1. The molecule has 0 aliphatic heterocycles. The number of anilines is 1. The second-order valence-electron chi connectivity index (χ2n) is 6.18. The van der Waals surface area contributed by atoms with Crippen molar-refractivity contribution >= 4 is 23.1 Å². The topological polar surface area (TPSA) is 98.5 Å². The maximum Gasteiger partial charge on any atom is 0.339 e. The summed E-state index contributed by atoms with van der Waals surface area (Å²) in [5.74, 6) is -1.14. The standard InChI is InChI=1S/C22H18N2O5/c1-23-19-12-11-16(13-20(19)24(27)28)21(25)17-9-5-6-10-18(17)22(26)29-14-15-7-3-2-4-8-15/h2-13,23H,14H2,1H3.